The molecule has 0 saturated heterocycles. The zero-order valence-electron chi connectivity index (χ0n) is 12.9. The van der Waals surface area contributed by atoms with Crippen molar-refractivity contribution in [3.8, 4) is 11.8 Å². The van der Waals surface area contributed by atoms with Crippen LogP contribution in [0.2, 0.25) is 10.0 Å². The summed E-state index contributed by atoms with van der Waals surface area (Å²) in [6, 6.07) is 4.90. The molecule has 0 aromatic heterocycles. The van der Waals surface area contributed by atoms with Gasteiger partial charge in [-0.2, -0.15) is 5.26 Å². The molecule has 1 aromatic rings. The van der Waals surface area contributed by atoms with E-state index in [0.29, 0.717) is 17.9 Å². The lowest BCUT2D eigenvalue weighted by atomic mass is 10.2. The number of ether oxygens (including phenoxy) is 2. The molecule has 0 atom stereocenters. The zero-order chi connectivity index (χ0) is 16.9. The predicted octanol–water partition coefficient (Wildman–Crippen LogP) is 4.11. The van der Waals surface area contributed by atoms with Gasteiger partial charge in [-0.15, -0.1) is 0 Å². The van der Waals surface area contributed by atoms with E-state index in [1.54, 1.807) is 27.8 Å². The van der Waals surface area contributed by atoms with Crippen LogP contribution in [0.4, 0.5) is 4.79 Å². The van der Waals surface area contributed by atoms with Gasteiger partial charge in [0.25, 0.3) is 0 Å². The van der Waals surface area contributed by atoms with Crippen molar-refractivity contribution in [3.05, 3.63) is 27.7 Å². The van der Waals surface area contributed by atoms with E-state index in [4.69, 9.17) is 37.9 Å². The summed E-state index contributed by atoms with van der Waals surface area (Å²) in [6.45, 7) is 5.89. The predicted molar refractivity (Wildman–Crippen MR) is 85.5 cm³/mol. The van der Waals surface area contributed by atoms with Crippen LogP contribution >= 0.6 is 23.2 Å². The molecule has 5 nitrogen and oxygen atoms in total. The van der Waals surface area contributed by atoms with E-state index in [0.717, 1.165) is 0 Å². The minimum absolute atomic E-state index is 0.196. The van der Waals surface area contributed by atoms with Crippen LogP contribution in [0.3, 0.4) is 0 Å². The molecule has 0 bridgehead atoms. The minimum Gasteiger partial charge on any atom is -0.489 e. The van der Waals surface area contributed by atoms with Crippen molar-refractivity contribution in [2.45, 2.75) is 26.4 Å². The normalized spacial score (nSPS) is 10.8. The lowest BCUT2D eigenvalue weighted by Gasteiger charge is -2.24. The minimum atomic E-state index is -0.550. The second kappa shape index (κ2) is 7.57. The van der Waals surface area contributed by atoms with Crippen molar-refractivity contribution in [2.75, 3.05) is 20.2 Å². The maximum absolute atomic E-state index is 11.8. The molecule has 0 saturated carbocycles. The van der Waals surface area contributed by atoms with Crippen LogP contribution in [-0.4, -0.2) is 36.8 Å². The number of carbonyl (C=O) groups excluding carboxylic acids is 1. The van der Waals surface area contributed by atoms with Gasteiger partial charge in [-0.25, -0.2) is 4.79 Å². The average Bonchev–Trinajstić information content (AvgIpc) is 2.39. The third-order valence-electron chi connectivity index (χ3n) is 2.51. The Balaban J connectivity index is 2.58. The van der Waals surface area contributed by atoms with Crippen molar-refractivity contribution in [1.29, 1.82) is 5.26 Å². The first-order valence-corrected chi connectivity index (χ1v) is 7.35. The molecule has 0 aliphatic carbocycles. The highest BCUT2D eigenvalue weighted by Gasteiger charge is 2.19. The number of carbonyl (C=O) groups is 1. The van der Waals surface area contributed by atoms with Crippen LogP contribution in [0.15, 0.2) is 12.1 Å². The standard InChI is InChI=1S/C15H18Cl2N2O3/c1-15(2,3)22-14(20)19(4)5-6-21-13-11(16)7-10(9-18)8-12(13)17/h7-8H,5-6H2,1-4H3. The monoisotopic (exact) mass is 344 g/mol. The Kier molecular flexibility index (Phi) is 6.34. The van der Waals surface area contributed by atoms with Gasteiger partial charge in [0.05, 0.1) is 28.2 Å². The summed E-state index contributed by atoms with van der Waals surface area (Å²) in [5.41, 5.74) is -0.195. The van der Waals surface area contributed by atoms with E-state index < -0.39 is 11.7 Å². The Morgan fingerprint density at radius 3 is 2.32 bits per heavy atom. The molecular weight excluding hydrogens is 327 g/mol. The molecule has 1 amide bonds. The Hall–Kier alpha value is -1.64. The number of halogens is 2. The quantitative estimate of drug-likeness (QED) is 0.824. The van der Waals surface area contributed by atoms with Crippen LogP contribution in [0.5, 0.6) is 5.75 Å². The molecule has 0 spiro atoms. The molecule has 1 rings (SSSR count). The van der Waals surface area contributed by atoms with Crippen LogP contribution in [0.1, 0.15) is 26.3 Å². The first kappa shape index (κ1) is 18.4. The van der Waals surface area contributed by atoms with Crippen molar-refractivity contribution < 1.29 is 14.3 Å². The molecule has 7 heteroatoms. The number of amides is 1. The van der Waals surface area contributed by atoms with Crippen LogP contribution in [0.25, 0.3) is 0 Å². The van der Waals surface area contributed by atoms with Gasteiger partial charge < -0.3 is 14.4 Å². The number of hydrogen-bond acceptors (Lipinski definition) is 4. The zero-order valence-corrected chi connectivity index (χ0v) is 14.5. The van der Waals surface area contributed by atoms with Crippen LogP contribution in [-0.2, 0) is 4.74 Å². The maximum atomic E-state index is 11.8. The Labute approximate surface area is 140 Å². The molecule has 0 unspecified atom stereocenters. The smallest absolute Gasteiger partial charge is 0.410 e. The average molecular weight is 345 g/mol. The molecule has 120 valence electrons. The fourth-order valence-corrected chi connectivity index (χ4v) is 2.07. The fraction of sp³-hybridized carbons (Fsp3) is 0.467. The van der Waals surface area contributed by atoms with Gasteiger partial charge in [-0.3, -0.25) is 0 Å². The molecule has 1 aromatic carbocycles. The van der Waals surface area contributed by atoms with Gasteiger partial charge in [0, 0.05) is 7.05 Å². The fourth-order valence-electron chi connectivity index (χ4n) is 1.48. The first-order valence-electron chi connectivity index (χ1n) is 6.60. The second-order valence-electron chi connectivity index (χ2n) is 5.63. The summed E-state index contributed by atoms with van der Waals surface area (Å²) in [5.74, 6) is 0.292. The third-order valence-corrected chi connectivity index (χ3v) is 3.07. The van der Waals surface area contributed by atoms with E-state index >= 15 is 0 Å². The molecule has 0 heterocycles. The summed E-state index contributed by atoms with van der Waals surface area (Å²) < 4.78 is 10.7. The Bertz CT molecular complexity index is 568. The maximum Gasteiger partial charge on any atom is 0.410 e. The Morgan fingerprint density at radius 1 is 1.32 bits per heavy atom. The van der Waals surface area contributed by atoms with Gasteiger partial charge in [-0.1, -0.05) is 23.2 Å². The molecule has 0 N–H and O–H groups in total. The topological polar surface area (TPSA) is 62.6 Å². The van der Waals surface area contributed by atoms with Crippen LogP contribution < -0.4 is 4.74 Å². The van der Waals surface area contributed by atoms with Gasteiger partial charge in [0.2, 0.25) is 0 Å². The summed E-state index contributed by atoms with van der Waals surface area (Å²) >= 11 is 12.0. The molecular formula is C15H18Cl2N2O3. The summed E-state index contributed by atoms with van der Waals surface area (Å²) in [6.07, 6.45) is -0.437. The number of hydrogen-bond donors (Lipinski definition) is 0. The second-order valence-corrected chi connectivity index (χ2v) is 6.45. The summed E-state index contributed by atoms with van der Waals surface area (Å²) in [4.78, 5) is 13.2. The van der Waals surface area contributed by atoms with E-state index in [-0.39, 0.29) is 16.7 Å². The van der Waals surface area contributed by atoms with Gasteiger partial charge >= 0.3 is 6.09 Å². The number of nitrogens with zero attached hydrogens (tertiary/aromatic N) is 2. The summed E-state index contributed by atoms with van der Waals surface area (Å²) in [5, 5.41) is 9.32. The van der Waals surface area contributed by atoms with Crippen molar-refractivity contribution in [3.63, 3.8) is 0 Å². The van der Waals surface area contributed by atoms with Crippen molar-refractivity contribution in [1.82, 2.24) is 4.90 Å². The first-order chi connectivity index (χ1) is 10.1. The molecule has 0 radical (unpaired) electrons. The highest BCUT2D eigenvalue weighted by atomic mass is 35.5. The molecule has 22 heavy (non-hydrogen) atoms. The van der Waals surface area contributed by atoms with E-state index in [1.165, 1.54) is 17.0 Å². The van der Waals surface area contributed by atoms with E-state index in [1.807, 2.05) is 6.07 Å². The number of likely N-dealkylation sites (N-methyl/N-ethyl adjacent to an activating group) is 1. The molecule has 0 fully saturated rings. The number of rotatable bonds is 4. The van der Waals surface area contributed by atoms with Gasteiger partial charge in [0.15, 0.2) is 5.75 Å². The highest BCUT2D eigenvalue weighted by Crippen LogP contribution is 2.33. The van der Waals surface area contributed by atoms with E-state index in [2.05, 4.69) is 0 Å². The van der Waals surface area contributed by atoms with Crippen LogP contribution in [0, 0.1) is 11.3 Å². The largest absolute Gasteiger partial charge is 0.489 e. The lowest BCUT2D eigenvalue weighted by Crippen LogP contribution is -2.36. The SMILES string of the molecule is CN(CCOc1c(Cl)cc(C#N)cc1Cl)C(=O)OC(C)(C)C. The third kappa shape index (κ3) is 5.63. The molecule has 0 aliphatic rings. The molecule has 0 aliphatic heterocycles. The van der Waals surface area contributed by atoms with Crippen molar-refractivity contribution in [2.24, 2.45) is 0 Å². The number of benzene rings is 1. The van der Waals surface area contributed by atoms with Gasteiger partial charge in [0.1, 0.15) is 12.2 Å². The van der Waals surface area contributed by atoms with Crippen molar-refractivity contribution >= 4 is 29.3 Å². The van der Waals surface area contributed by atoms with E-state index in [9.17, 15) is 4.79 Å². The summed E-state index contributed by atoms with van der Waals surface area (Å²) in [7, 11) is 1.61. The van der Waals surface area contributed by atoms with Gasteiger partial charge in [-0.05, 0) is 32.9 Å². The Morgan fingerprint density at radius 2 is 1.86 bits per heavy atom. The highest BCUT2D eigenvalue weighted by molar-refractivity contribution is 6.37. The lowest BCUT2D eigenvalue weighted by molar-refractivity contribution is 0.0278. The number of nitriles is 1.